The molecule has 1 saturated carbocycles. The molecule has 0 radical (unpaired) electrons. The van der Waals surface area contributed by atoms with Crippen LogP contribution < -0.4 is 16.8 Å². The monoisotopic (exact) mass is 275 g/mol. The molecule has 0 bridgehead atoms. The Bertz CT molecular complexity index is 528. The number of amides is 2. The molecular weight excluding hydrogens is 254 g/mol. The third-order valence-corrected chi connectivity index (χ3v) is 4.08. The quantitative estimate of drug-likeness (QED) is 0.774. The van der Waals surface area contributed by atoms with Gasteiger partial charge in [0.25, 0.3) is 5.91 Å². The molecule has 1 aromatic carbocycles. The maximum Gasteiger partial charge on any atom is 0.251 e. The van der Waals surface area contributed by atoms with Gasteiger partial charge in [-0.15, -0.1) is 0 Å². The van der Waals surface area contributed by atoms with E-state index < -0.39 is 5.91 Å². The number of carbonyl (C=O) groups excluding carboxylic acids is 2. The van der Waals surface area contributed by atoms with Gasteiger partial charge in [0.15, 0.2) is 0 Å². The molecule has 0 aromatic heterocycles. The van der Waals surface area contributed by atoms with Crippen LogP contribution in [0, 0.1) is 18.8 Å². The minimum absolute atomic E-state index is 0.0638. The molecule has 1 aromatic rings. The Labute approximate surface area is 118 Å². The number of rotatable bonds is 4. The topological polar surface area (TPSA) is 98.2 Å². The Kier molecular flexibility index (Phi) is 4.39. The van der Waals surface area contributed by atoms with Crippen LogP contribution in [0.3, 0.4) is 0 Å². The second-order valence-electron chi connectivity index (χ2n) is 5.38. The molecule has 5 nitrogen and oxygen atoms in total. The van der Waals surface area contributed by atoms with Gasteiger partial charge in [-0.3, -0.25) is 9.59 Å². The smallest absolute Gasteiger partial charge is 0.251 e. The lowest BCUT2D eigenvalue weighted by molar-refractivity contribution is -0.120. The van der Waals surface area contributed by atoms with Gasteiger partial charge in [0, 0.05) is 5.92 Å². The molecule has 0 spiro atoms. The van der Waals surface area contributed by atoms with Gasteiger partial charge in [-0.25, -0.2) is 0 Å². The average molecular weight is 275 g/mol. The summed E-state index contributed by atoms with van der Waals surface area (Å²) in [7, 11) is 0. The Morgan fingerprint density at radius 3 is 2.75 bits per heavy atom. The largest absolute Gasteiger partial charge is 0.366 e. The third kappa shape index (κ3) is 2.82. The molecule has 0 saturated heterocycles. The zero-order valence-electron chi connectivity index (χ0n) is 11.7. The number of anilines is 1. The summed E-state index contributed by atoms with van der Waals surface area (Å²) in [5, 5.41) is 2.84. The van der Waals surface area contributed by atoms with Gasteiger partial charge in [0.2, 0.25) is 5.91 Å². The highest BCUT2D eigenvalue weighted by atomic mass is 16.2. The van der Waals surface area contributed by atoms with E-state index in [0.717, 1.165) is 24.8 Å². The first-order valence-corrected chi connectivity index (χ1v) is 6.95. The molecular formula is C15H21N3O2. The van der Waals surface area contributed by atoms with E-state index in [1.54, 1.807) is 25.1 Å². The summed E-state index contributed by atoms with van der Waals surface area (Å²) in [6.45, 7) is 2.32. The van der Waals surface area contributed by atoms with Crippen molar-refractivity contribution in [2.24, 2.45) is 23.3 Å². The van der Waals surface area contributed by atoms with E-state index in [9.17, 15) is 9.59 Å². The number of carbonyl (C=O) groups is 2. The van der Waals surface area contributed by atoms with Gasteiger partial charge < -0.3 is 16.8 Å². The fraction of sp³-hybridized carbons (Fsp3) is 0.467. The highest BCUT2D eigenvalue weighted by Gasteiger charge is 2.32. The molecule has 2 rings (SSSR count). The number of primary amides is 1. The van der Waals surface area contributed by atoms with E-state index in [-0.39, 0.29) is 17.7 Å². The second-order valence-corrected chi connectivity index (χ2v) is 5.38. The van der Waals surface area contributed by atoms with Crippen LogP contribution in [-0.2, 0) is 4.79 Å². The summed E-state index contributed by atoms with van der Waals surface area (Å²) in [6.07, 6.45) is 2.87. The SMILES string of the molecule is Cc1cccc(NC(=O)[C@@H]2CCC[C@@H]2CN)c1C(N)=O. The Morgan fingerprint density at radius 2 is 2.10 bits per heavy atom. The summed E-state index contributed by atoms with van der Waals surface area (Å²) >= 11 is 0. The highest BCUT2D eigenvalue weighted by Crippen LogP contribution is 2.32. The van der Waals surface area contributed by atoms with Gasteiger partial charge in [-0.1, -0.05) is 18.6 Å². The van der Waals surface area contributed by atoms with E-state index in [1.165, 1.54) is 0 Å². The first-order chi connectivity index (χ1) is 9.54. The van der Waals surface area contributed by atoms with Crippen molar-refractivity contribution in [3.8, 4) is 0 Å². The van der Waals surface area contributed by atoms with Crippen molar-refractivity contribution in [1.29, 1.82) is 0 Å². The van der Waals surface area contributed by atoms with Gasteiger partial charge in [-0.05, 0) is 43.9 Å². The maximum atomic E-state index is 12.4. The van der Waals surface area contributed by atoms with Crippen LogP contribution in [0.15, 0.2) is 18.2 Å². The maximum absolute atomic E-state index is 12.4. The number of hydrogen-bond acceptors (Lipinski definition) is 3. The summed E-state index contributed by atoms with van der Waals surface area (Å²) in [6, 6.07) is 5.30. The molecule has 20 heavy (non-hydrogen) atoms. The molecule has 0 heterocycles. The minimum atomic E-state index is -0.528. The van der Waals surface area contributed by atoms with Crippen molar-refractivity contribution in [1.82, 2.24) is 0 Å². The Hall–Kier alpha value is -1.88. The predicted octanol–water partition coefficient (Wildman–Crippen LogP) is 1.41. The molecule has 2 atom stereocenters. The van der Waals surface area contributed by atoms with Crippen LogP contribution >= 0.6 is 0 Å². The molecule has 5 N–H and O–H groups in total. The fourth-order valence-electron chi connectivity index (χ4n) is 2.99. The van der Waals surface area contributed by atoms with Crippen LogP contribution in [0.2, 0.25) is 0 Å². The van der Waals surface area contributed by atoms with Crippen molar-refractivity contribution in [3.05, 3.63) is 29.3 Å². The van der Waals surface area contributed by atoms with E-state index in [4.69, 9.17) is 11.5 Å². The lowest BCUT2D eigenvalue weighted by atomic mass is 9.95. The normalized spacial score (nSPS) is 21.7. The van der Waals surface area contributed by atoms with Crippen molar-refractivity contribution in [2.75, 3.05) is 11.9 Å². The minimum Gasteiger partial charge on any atom is -0.366 e. The van der Waals surface area contributed by atoms with E-state index in [2.05, 4.69) is 5.32 Å². The zero-order valence-corrected chi connectivity index (χ0v) is 11.7. The van der Waals surface area contributed by atoms with Gasteiger partial charge in [0.05, 0.1) is 11.3 Å². The Morgan fingerprint density at radius 1 is 1.35 bits per heavy atom. The third-order valence-electron chi connectivity index (χ3n) is 4.08. The number of benzene rings is 1. The van der Waals surface area contributed by atoms with Gasteiger partial charge in [-0.2, -0.15) is 0 Å². The van der Waals surface area contributed by atoms with E-state index >= 15 is 0 Å². The number of hydrogen-bond donors (Lipinski definition) is 3. The molecule has 1 fully saturated rings. The van der Waals surface area contributed by atoms with Crippen molar-refractivity contribution in [3.63, 3.8) is 0 Å². The zero-order chi connectivity index (χ0) is 14.7. The second kappa shape index (κ2) is 6.05. The van der Waals surface area contributed by atoms with Crippen LogP contribution in [0.4, 0.5) is 5.69 Å². The fourth-order valence-corrected chi connectivity index (χ4v) is 2.99. The van der Waals surface area contributed by atoms with Crippen molar-refractivity contribution >= 4 is 17.5 Å². The molecule has 2 amide bonds. The van der Waals surface area contributed by atoms with E-state index in [0.29, 0.717) is 17.8 Å². The average Bonchev–Trinajstić information content (AvgIpc) is 2.86. The number of nitrogens with one attached hydrogen (secondary N) is 1. The highest BCUT2D eigenvalue weighted by molar-refractivity contribution is 6.04. The van der Waals surface area contributed by atoms with Crippen molar-refractivity contribution in [2.45, 2.75) is 26.2 Å². The standard InChI is InChI=1S/C15H21N3O2/c1-9-4-2-7-12(13(9)14(17)19)18-15(20)11-6-3-5-10(11)8-16/h2,4,7,10-11H,3,5-6,8,16H2,1H3,(H2,17,19)(H,18,20)/t10-,11-/m1/s1. The summed E-state index contributed by atoms with van der Waals surface area (Å²) in [5.41, 5.74) is 12.7. The molecule has 0 aliphatic heterocycles. The van der Waals surface area contributed by atoms with Crippen LogP contribution in [-0.4, -0.2) is 18.4 Å². The first-order valence-electron chi connectivity index (χ1n) is 6.95. The van der Waals surface area contributed by atoms with Gasteiger partial charge in [0.1, 0.15) is 0 Å². The summed E-state index contributed by atoms with van der Waals surface area (Å²) in [5.74, 6) is -0.427. The van der Waals surface area contributed by atoms with Crippen molar-refractivity contribution < 1.29 is 9.59 Å². The van der Waals surface area contributed by atoms with Crippen LogP contribution in [0.1, 0.15) is 35.2 Å². The molecule has 0 unspecified atom stereocenters. The first kappa shape index (κ1) is 14.5. The molecule has 1 aliphatic rings. The molecule has 108 valence electrons. The predicted molar refractivity (Wildman–Crippen MR) is 78.2 cm³/mol. The van der Waals surface area contributed by atoms with Crippen LogP contribution in [0.25, 0.3) is 0 Å². The number of aryl methyl sites for hydroxylation is 1. The lowest BCUT2D eigenvalue weighted by Gasteiger charge is -2.18. The van der Waals surface area contributed by atoms with Gasteiger partial charge >= 0.3 is 0 Å². The summed E-state index contributed by atoms with van der Waals surface area (Å²) in [4.78, 5) is 23.9. The lowest BCUT2D eigenvalue weighted by Crippen LogP contribution is -2.30. The Balaban J connectivity index is 2.20. The van der Waals surface area contributed by atoms with Crippen LogP contribution in [0.5, 0.6) is 0 Å². The number of nitrogens with two attached hydrogens (primary N) is 2. The molecule has 1 aliphatic carbocycles. The molecule has 5 heteroatoms. The summed E-state index contributed by atoms with van der Waals surface area (Å²) < 4.78 is 0. The van der Waals surface area contributed by atoms with E-state index in [1.807, 2.05) is 0 Å².